The van der Waals surface area contributed by atoms with Gasteiger partial charge in [-0.05, 0) is 0 Å². The molecule has 0 aromatic heterocycles. The molecule has 0 amide bonds. The predicted octanol–water partition coefficient (Wildman–Crippen LogP) is -11.7. The van der Waals surface area contributed by atoms with E-state index in [1.807, 2.05) is 0 Å². The maximum atomic E-state index is 8.55. The first-order valence-electron chi connectivity index (χ1n) is 0.730. The molecule has 4 nitrogen and oxygen atoms in total. The molecule has 0 aromatic carbocycles. The third-order valence-electron chi connectivity index (χ3n) is 0. The van der Waals surface area contributed by atoms with E-state index in [0.717, 1.165) is 0 Å². The molecule has 0 N–H and O–H groups in total. The largest absolute Gasteiger partial charge is 1.00 e. The van der Waals surface area contributed by atoms with Crippen LogP contribution >= 0.6 is 7.82 Å². The quantitative estimate of drug-likeness (QED) is 0.244. The Labute approximate surface area is 87.9 Å². The van der Waals surface area contributed by atoms with E-state index in [0.29, 0.717) is 0 Å². The molecule has 0 bridgehead atoms. The van der Waals surface area contributed by atoms with Crippen molar-refractivity contribution in [1.82, 2.24) is 0 Å². The van der Waals surface area contributed by atoms with Crippen molar-refractivity contribution in [2.24, 2.45) is 0 Å². The number of rotatable bonds is 0. The van der Waals surface area contributed by atoms with Crippen LogP contribution in [0.25, 0.3) is 0 Å². The molecule has 0 saturated heterocycles. The maximum absolute atomic E-state index is 8.55. The van der Waals surface area contributed by atoms with Crippen molar-refractivity contribution in [3.05, 3.63) is 0 Å². The molecule has 0 aromatic rings. The van der Waals surface area contributed by atoms with Gasteiger partial charge in [-0.2, -0.15) is 7.82 Å². The van der Waals surface area contributed by atoms with E-state index in [4.69, 9.17) is 19.2 Å². The molecule has 0 spiro atoms. The van der Waals surface area contributed by atoms with Gasteiger partial charge < -0.3 is 19.2 Å². The second kappa shape index (κ2) is 12.5. The standard InChI is InChI=1S/FH.3Li.H3O4P/c;;;;1-5(2,3)4/h1H;;;;(H3,1,2,3,4)/q;3*+1;/p-3. The van der Waals surface area contributed by atoms with E-state index in [1.54, 1.807) is 0 Å². The molecule has 9 heavy (non-hydrogen) atoms. The molecule has 0 unspecified atom stereocenters. The van der Waals surface area contributed by atoms with Gasteiger partial charge in [0.05, 0.1) is 0 Å². The first-order chi connectivity index (χ1) is 2.00. The van der Waals surface area contributed by atoms with Gasteiger partial charge in [0, 0.05) is 0 Å². The summed E-state index contributed by atoms with van der Waals surface area (Å²) >= 11 is 0. The molecular weight excluding hydrogens is 135 g/mol. The van der Waals surface area contributed by atoms with Crippen LogP contribution in [0.1, 0.15) is 0 Å². The SMILES string of the molecule is F.O=P([O-])([O-])[O-].[Li+].[Li+].[Li+]. The summed E-state index contributed by atoms with van der Waals surface area (Å²) in [5, 5.41) is 0. The van der Waals surface area contributed by atoms with Gasteiger partial charge in [-0.3, -0.25) is 4.70 Å². The number of halogens is 1. The van der Waals surface area contributed by atoms with Crippen LogP contribution in [0.15, 0.2) is 0 Å². The van der Waals surface area contributed by atoms with Crippen molar-refractivity contribution in [2.45, 2.75) is 0 Å². The van der Waals surface area contributed by atoms with Crippen molar-refractivity contribution in [2.75, 3.05) is 0 Å². The van der Waals surface area contributed by atoms with Gasteiger partial charge in [0.25, 0.3) is 0 Å². The minimum absolute atomic E-state index is 0. The zero-order valence-electron chi connectivity index (χ0n) is 5.49. The fourth-order valence-corrected chi connectivity index (χ4v) is 0. The molecule has 0 aliphatic carbocycles. The van der Waals surface area contributed by atoms with Gasteiger partial charge in [-0.15, -0.1) is 0 Å². The summed E-state index contributed by atoms with van der Waals surface area (Å²) in [6.07, 6.45) is 0. The molecule has 0 aliphatic rings. The molecule has 0 rings (SSSR count). The van der Waals surface area contributed by atoms with Crippen LogP contribution in [-0.2, 0) is 4.57 Å². The van der Waals surface area contributed by atoms with E-state index in [2.05, 4.69) is 0 Å². The normalized spacial score (nSPS) is 6.56. The zero-order valence-corrected chi connectivity index (χ0v) is 6.38. The predicted molar refractivity (Wildman–Crippen MR) is 10.1 cm³/mol. The Kier molecular flexibility index (Phi) is 42.8. The average Bonchev–Trinajstić information content (AvgIpc) is 0.722. The minimum Gasteiger partial charge on any atom is -0.822 e. The first-order valence-corrected chi connectivity index (χ1v) is 2.19. The zero-order chi connectivity index (χ0) is 4.50. The van der Waals surface area contributed by atoms with Crippen LogP contribution in [0, 0.1) is 0 Å². The summed E-state index contributed by atoms with van der Waals surface area (Å²) < 4.78 is 8.55. The molecule has 0 radical (unpaired) electrons. The van der Waals surface area contributed by atoms with Crippen LogP contribution in [-0.4, -0.2) is 0 Å². The summed E-state index contributed by atoms with van der Waals surface area (Å²) in [5.41, 5.74) is 0. The number of hydrogen-bond acceptors (Lipinski definition) is 4. The molecule has 0 saturated carbocycles. The Morgan fingerprint density at radius 1 is 0.889 bits per heavy atom. The summed E-state index contributed by atoms with van der Waals surface area (Å²) in [7, 11) is -5.39. The molecule has 0 heterocycles. The van der Waals surface area contributed by atoms with Crippen LogP contribution in [0.4, 0.5) is 4.70 Å². The summed E-state index contributed by atoms with van der Waals surface area (Å²) in [5.74, 6) is 0. The second-order valence-corrected chi connectivity index (χ2v) is 1.34. The van der Waals surface area contributed by atoms with E-state index in [9.17, 15) is 0 Å². The number of hydrogen-bond donors (Lipinski definition) is 0. The minimum atomic E-state index is -5.39. The Bertz CT molecular complexity index is 61.9. The monoisotopic (exact) mass is 136 g/mol. The van der Waals surface area contributed by atoms with Crippen LogP contribution < -0.4 is 71.3 Å². The Morgan fingerprint density at radius 2 is 0.889 bits per heavy atom. The van der Waals surface area contributed by atoms with E-state index >= 15 is 0 Å². The number of phosphoric acid groups is 1. The summed E-state index contributed by atoms with van der Waals surface area (Å²) in [6.45, 7) is 0. The van der Waals surface area contributed by atoms with Crippen molar-refractivity contribution < 1.29 is 80.5 Å². The molecule has 0 aliphatic heterocycles. The van der Waals surface area contributed by atoms with Gasteiger partial charge in [0.1, 0.15) is 0 Å². The third kappa shape index (κ3) is 180. The van der Waals surface area contributed by atoms with E-state index < -0.39 is 7.82 Å². The smallest absolute Gasteiger partial charge is 0.822 e. The summed E-state index contributed by atoms with van der Waals surface area (Å²) in [6, 6.07) is 0. The average molecular weight is 136 g/mol. The molecule has 0 atom stereocenters. The van der Waals surface area contributed by atoms with E-state index in [1.165, 1.54) is 0 Å². The second-order valence-electron chi connectivity index (χ2n) is 0.447. The Hall–Kier alpha value is 1.83. The topological polar surface area (TPSA) is 86.2 Å². The van der Waals surface area contributed by atoms with Gasteiger partial charge >= 0.3 is 56.6 Å². The van der Waals surface area contributed by atoms with Crippen LogP contribution in [0.3, 0.4) is 0 Å². The van der Waals surface area contributed by atoms with Crippen molar-refractivity contribution in [1.29, 1.82) is 0 Å². The van der Waals surface area contributed by atoms with Crippen molar-refractivity contribution in [3.63, 3.8) is 0 Å². The fraction of sp³-hybridized carbons (Fsp3) is 0. The van der Waals surface area contributed by atoms with Crippen molar-refractivity contribution >= 4 is 7.82 Å². The summed E-state index contributed by atoms with van der Waals surface area (Å²) in [4.78, 5) is 25.6. The van der Waals surface area contributed by atoms with Gasteiger partial charge in [0.15, 0.2) is 0 Å². The van der Waals surface area contributed by atoms with Crippen LogP contribution in [0.2, 0.25) is 0 Å². The fourth-order valence-electron chi connectivity index (χ4n) is 0. The van der Waals surface area contributed by atoms with Gasteiger partial charge in [-0.25, -0.2) is 0 Å². The van der Waals surface area contributed by atoms with Gasteiger partial charge in [0.2, 0.25) is 0 Å². The first kappa shape index (κ1) is 30.8. The van der Waals surface area contributed by atoms with E-state index in [-0.39, 0.29) is 61.3 Å². The van der Waals surface area contributed by atoms with Crippen molar-refractivity contribution in [3.8, 4) is 0 Å². The Balaban J connectivity index is -0.0000000133. The molecule has 40 valence electrons. The molecular formula is HFLi3O4P. The van der Waals surface area contributed by atoms with Crippen LogP contribution in [0.5, 0.6) is 0 Å². The maximum Gasteiger partial charge on any atom is 1.00 e. The Morgan fingerprint density at radius 3 is 0.889 bits per heavy atom. The molecule has 9 heteroatoms. The van der Waals surface area contributed by atoms with Gasteiger partial charge in [-0.1, -0.05) is 0 Å². The molecule has 0 fully saturated rings. The third-order valence-corrected chi connectivity index (χ3v) is 0.